The lowest BCUT2D eigenvalue weighted by Gasteiger charge is -2.41. The largest absolute Gasteiger partial charge is 0.456 e. The van der Waals surface area contributed by atoms with Gasteiger partial charge in [-0.3, -0.25) is 0 Å². The fraction of sp³-hybridized carbons (Fsp3) is 0.786. The van der Waals surface area contributed by atoms with Gasteiger partial charge in [0.1, 0.15) is 5.60 Å². The Balaban J connectivity index is 1.74. The van der Waals surface area contributed by atoms with Crippen LogP contribution in [0.4, 0.5) is 0 Å². The zero-order valence-electron chi connectivity index (χ0n) is 10.2. The van der Waals surface area contributed by atoms with Gasteiger partial charge in [0.05, 0.1) is 0 Å². The highest BCUT2D eigenvalue weighted by Gasteiger charge is 2.66. The number of hydrogen-bond donors (Lipinski definition) is 0. The zero-order valence-corrected chi connectivity index (χ0v) is 10.2. The fourth-order valence-corrected chi connectivity index (χ4v) is 3.94. The Hall–Kier alpha value is -0.790. The molecule has 0 N–H and O–H groups in total. The lowest BCUT2D eigenvalue weighted by atomic mass is 9.73. The van der Waals surface area contributed by atoms with E-state index in [2.05, 4.69) is 13.5 Å². The van der Waals surface area contributed by atoms with Crippen molar-refractivity contribution < 1.29 is 9.53 Å². The van der Waals surface area contributed by atoms with Crippen molar-refractivity contribution in [2.75, 3.05) is 0 Å². The Morgan fingerprint density at radius 1 is 1.31 bits per heavy atom. The van der Waals surface area contributed by atoms with Gasteiger partial charge in [0.25, 0.3) is 0 Å². The van der Waals surface area contributed by atoms with Crippen LogP contribution in [0.2, 0.25) is 0 Å². The third-order valence-electron chi connectivity index (χ3n) is 5.24. The number of carbonyl (C=O) groups is 1. The summed E-state index contributed by atoms with van der Waals surface area (Å²) in [4.78, 5) is 11.7. The average Bonchev–Trinajstić information content (AvgIpc) is 2.78. The molecule has 0 radical (unpaired) electrons. The normalized spacial score (nSPS) is 48.4. The summed E-state index contributed by atoms with van der Waals surface area (Å²) in [5.74, 6) is 1.34. The van der Waals surface area contributed by atoms with Crippen molar-refractivity contribution in [1.82, 2.24) is 0 Å². The minimum atomic E-state index is -0.214. The third-order valence-corrected chi connectivity index (χ3v) is 5.24. The van der Waals surface area contributed by atoms with E-state index in [-0.39, 0.29) is 11.6 Å². The molecule has 88 valence electrons. The van der Waals surface area contributed by atoms with Crippen LogP contribution in [0, 0.1) is 17.3 Å². The molecule has 4 atom stereocenters. The van der Waals surface area contributed by atoms with E-state index in [1.807, 2.05) is 0 Å². The maximum absolute atomic E-state index is 11.7. The Kier molecular flexibility index (Phi) is 1.88. The predicted molar refractivity (Wildman–Crippen MR) is 61.8 cm³/mol. The van der Waals surface area contributed by atoms with Gasteiger partial charge in [0.2, 0.25) is 0 Å². The standard InChI is InChI=1S/C14H20O2/c1-9(2)12(15)16-13(3)4-5-14-7-10(13)6-11(14)8-14/h10-11H,1,4-8H2,2-3H3/t10?,11?,13-,14?/m1/s1. The molecular formula is C14H20O2. The van der Waals surface area contributed by atoms with Crippen LogP contribution >= 0.6 is 0 Å². The van der Waals surface area contributed by atoms with E-state index in [9.17, 15) is 4.79 Å². The molecule has 3 fully saturated rings. The van der Waals surface area contributed by atoms with Crippen molar-refractivity contribution in [3.8, 4) is 0 Å². The van der Waals surface area contributed by atoms with Gasteiger partial charge in [0.15, 0.2) is 0 Å². The molecule has 0 saturated heterocycles. The van der Waals surface area contributed by atoms with Gasteiger partial charge in [-0.15, -0.1) is 0 Å². The van der Waals surface area contributed by atoms with E-state index in [0.717, 1.165) is 12.3 Å². The van der Waals surface area contributed by atoms with Gasteiger partial charge >= 0.3 is 5.97 Å². The summed E-state index contributed by atoms with van der Waals surface area (Å²) in [5, 5.41) is 0. The highest BCUT2D eigenvalue weighted by Crippen LogP contribution is 2.73. The summed E-state index contributed by atoms with van der Waals surface area (Å²) in [6.45, 7) is 7.51. The second-order valence-corrected chi connectivity index (χ2v) is 6.38. The molecule has 0 heterocycles. The van der Waals surface area contributed by atoms with Crippen LogP contribution in [0.5, 0.6) is 0 Å². The SMILES string of the molecule is C=C(C)C(=O)O[C@]1(C)CCC23CC2CC1C3. The van der Waals surface area contributed by atoms with E-state index in [4.69, 9.17) is 4.74 Å². The lowest BCUT2D eigenvalue weighted by molar-refractivity contribution is -0.163. The molecule has 3 aliphatic rings. The molecule has 0 aliphatic heterocycles. The van der Waals surface area contributed by atoms with Gasteiger partial charge in [0, 0.05) is 5.57 Å². The van der Waals surface area contributed by atoms with Crippen molar-refractivity contribution in [3.05, 3.63) is 12.2 Å². The second-order valence-electron chi connectivity index (χ2n) is 6.38. The van der Waals surface area contributed by atoms with Crippen LogP contribution in [-0.4, -0.2) is 11.6 Å². The molecule has 3 unspecified atom stereocenters. The summed E-state index contributed by atoms with van der Waals surface area (Å²) < 4.78 is 5.70. The van der Waals surface area contributed by atoms with Crippen molar-refractivity contribution in [3.63, 3.8) is 0 Å². The molecule has 3 saturated carbocycles. The molecule has 0 aromatic heterocycles. The van der Waals surface area contributed by atoms with Crippen molar-refractivity contribution in [2.24, 2.45) is 17.3 Å². The van der Waals surface area contributed by atoms with Crippen LogP contribution in [0.25, 0.3) is 0 Å². The predicted octanol–water partition coefficient (Wildman–Crippen LogP) is 3.07. The summed E-state index contributed by atoms with van der Waals surface area (Å²) >= 11 is 0. The first kappa shape index (κ1) is 10.4. The van der Waals surface area contributed by atoms with Crippen molar-refractivity contribution in [2.45, 2.75) is 51.6 Å². The van der Waals surface area contributed by atoms with Crippen LogP contribution in [0.1, 0.15) is 46.0 Å². The number of esters is 1. The molecule has 3 aliphatic carbocycles. The van der Waals surface area contributed by atoms with Gasteiger partial charge in [-0.25, -0.2) is 4.79 Å². The molecule has 16 heavy (non-hydrogen) atoms. The van der Waals surface area contributed by atoms with E-state index in [1.165, 1.54) is 25.7 Å². The third kappa shape index (κ3) is 1.28. The Bertz CT molecular complexity index is 373. The molecule has 2 nitrogen and oxygen atoms in total. The number of carbonyl (C=O) groups excluding carboxylic acids is 1. The van der Waals surface area contributed by atoms with Gasteiger partial charge < -0.3 is 4.74 Å². The Morgan fingerprint density at radius 3 is 2.69 bits per heavy atom. The quantitative estimate of drug-likeness (QED) is 0.528. The summed E-state index contributed by atoms with van der Waals surface area (Å²) in [6, 6.07) is 0. The average molecular weight is 220 g/mol. The minimum absolute atomic E-state index is 0.209. The molecule has 0 aromatic carbocycles. The fourth-order valence-electron chi connectivity index (χ4n) is 3.94. The van der Waals surface area contributed by atoms with Crippen LogP contribution < -0.4 is 0 Å². The molecule has 1 spiro atoms. The van der Waals surface area contributed by atoms with E-state index < -0.39 is 0 Å². The first-order chi connectivity index (χ1) is 7.45. The van der Waals surface area contributed by atoms with Crippen LogP contribution in [-0.2, 0) is 9.53 Å². The maximum Gasteiger partial charge on any atom is 0.333 e. The molecule has 2 heteroatoms. The van der Waals surface area contributed by atoms with E-state index >= 15 is 0 Å². The van der Waals surface area contributed by atoms with Crippen LogP contribution in [0.15, 0.2) is 12.2 Å². The van der Waals surface area contributed by atoms with Crippen molar-refractivity contribution in [1.29, 1.82) is 0 Å². The Morgan fingerprint density at radius 2 is 2.00 bits per heavy atom. The summed E-state index contributed by atoms with van der Waals surface area (Å²) in [7, 11) is 0. The van der Waals surface area contributed by atoms with E-state index in [1.54, 1.807) is 6.92 Å². The topological polar surface area (TPSA) is 26.3 Å². The molecule has 3 rings (SSSR count). The number of rotatable bonds is 2. The summed E-state index contributed by atoms with van der Waals surface area (Å²) in [6.07, 6.45) is 6.31. The van der Waals surface area contributed by atoms with Gasteiger partial charge in [-0.1, -0.05) is 6.58 Å². The first-order valence-corrected chi connectivity index (χ1v) is 6.34. The summed E-state index contributed by atoms with van der Waals surface area (Å²) in [5.41, 5.74) is 0.985. The number of fused-ring (bicyclic) bond motifs is 1. The highest BCUT2D eigenvalue weighted by molar-refractivity contribution is 5.87. The number of hydrogen-bond acceptors (Lipinski definition) is 2. The second kappa shape index (κ2) is 2.91. The minimum Gasteiger partial charge on any atom is -0.456 e. The lowest BCUT2D eigenvalue weighted by Crippen LogP contribution is -2.42. The van der Waals surface area contributed by atoms with Gasteiger partial charge in [-0.05, 0) is 63.2 Å². The van der Waals surface area contributed by atoms with Gasteiger partial charge in [-0.2, -0.15) is 0 Å². The smallest absolute Gasteiger partial charge is 0.333 e. The molecule has 2 bridgehead atoms. The molecule has 0 aromatic rings. The zero-order chi connectivity index (χ0) is 11.6. The highest BCUT2D eigenvalue weighted by atomic mass is 16.6. The Labute approximate surface area is 97.1 Å². The van der Waals surface area contributed by atoms with Crippen LogP contribution in [0.3, 0.4) is 0 Å². The maximum atomic E-state index is 11.7. The molecule has 0 amide bonds. The van der Waals surface area contributed by atoms with Crippen molar-refractivity contribution >= 4 is 5.97 Å². The first-order valence-electron chi connectivity index (χ1n) is 6.34. The monoisotopic (exact) mass is 220 g/mol. The number of ether oxygens (including phenoxy) is 1. The molecular weight excluding hydrogens is 200 g/mol. The van der Waals surface area contributed by atoms with E-state index in [0.29, 0.717) is 16.9 Å².